The van der Waals surface area contributed by atoms with Gasteiger partial charge in [0.1, 0.15) is 0 Å². The van der Waals surface area contributed by atoms with Gasteiger partial charge in [-0.15, -0.1) is 0 Å². The first-order chi connectivity index (χ1) is 10.7. The van der Waals surface area contributed by atoms with Crippen LogP contribution in [0.15, 0.2) is 39.0 Å². The third-order valence-electron chi connectivity index (χ3n) is 3.35. The Labute approximate surface area is 132 Å². The van der Waals surface area contributed by atoms with Crippen molar-refractivity contribution in [3.8, 4) is 5.88 Å². The summed E-state index contributed by atoms with van der Waals surface area (Å²) in [6, 6.07) is 3.00. The maximum atomic E-state index is 12.7. The van der Waals surface area contributed by atoms with E-state index in [1.165, 1.54) is 46.6 Å². The Balaban J connectivity index is 2.57. The fourth-order valence-electron chi connectivity index (χ4n) is 1.92. The van der Waals surface area contributed by atoms with Crippen LogP contribution in [0.3, 0.4) is 0 Å². The molecule has 0 aliphatic heterocycles. The first kappa shape index (κ1) is 16.7. The zero-order valence-electron chi connectivity index (χ0n) is 13.0. The summed E-state index contributed by atoms with van der Waals surface area (Å²) >= 11 is 0. The van der Waals surface area contributed by atoms with E-state index < -0.39 is 26.2 Å². The van der Waals surface area contributed by atoms with E-state index in [9.17, 15) is 18.0 Å². The Hall–Kier alpha value is -2.62. The lowest BCUT2D eigenvalue weighted by Gasteiger charge is -2.19. The molecule has 0 aromatic carbocycles. The second-order valence-electron chi connectivity index (χ2n) is 4.78. The summed E-state index contributed by atoms with van der Waals surface area (Å²) in [5.41, 5.74) is -1.24. The number of pyridine rings is 1. The third kappa shape index (κ3) is 2.84. The number of ether oxygens (including phenoxy) is 1. The molecule has 124 valence electrons. The number of hydrogen-bond donors (Lipinski definition) is 0. The smallest absolute Gasteiger partial charge is 0.330 e. The van der Waals surface area contributed by atoms with E-state index in [0.29, 0.717) is 5.88 Å². The van der Waals surface area contributed by atoms with E-state index in [2.05, 4.69) is 4.98 Å². The highest BCUT2D eigenvalue weighted by molar-refractivity contribution is 7.92. The Bertz CT molecular complexity index is 944. The summed E-state index contributed by atoms with van der Waals surface area (Å²) in [4.78, 5) is 27.2. The first-order valence-electron chi connectivity index (χ1n) is 6.45. The average molecular weight is 340 g/mol. The van der Waals surface area contributed by atoms with Crippen molar-refractivity contribution >= 4 is 15.7 Å². The molecule has 10 heteroatoms. The number of aryl methyl sites for hydroxylation is 1. The lowest BCUT2D eigenvalue weighted by molar-refractivity contribution is 0.398. The maximum Gasteiger partial charge on any atom is 0.330 e. The van der Waals surface area contributed by atoms with Gasteiger partial charge in [0, 0.05) is 33.4 Å². The molecule has 23 heavy (non-hydrogen) atoms. The lowest BCUT2D eigenvalue weighted by atomic mass is 10.4. The van der Waals surface area contributed by atoms with Gasteiger partial charge in [0.15, 0.2) is 4.90 Å². The van der Waals surface area contributed by atoms with Gasteiger partial charge in [-0.2, -0.15) is 0 Å². The second-order valence-corrected chi connectivity index (χ2v) is 6.72. The number of rotatable bonds is 4. The molecule has 0 spiro atoms. The van der Waals surface area contributed by atoms with Gasteiger partial charge in [-0.05, 0) is 6.07 Å². The quantitative estimate of drug-likeness (QED) is 0.730. The topological polar surface area (TPSA) is 103 Å². The molecule has 9 nitrogen and oxygen atoms in total. The van der Waals surface area contributed by atoms with E-state index in [4.69, 9.17) is 4.74 Å². The SMILES string of the molecule is COc1ccc(N(C)S(=O)(=O)c2cn(C)c(=O)n(C)c2=O)cn1. The van der Waals surface area contributed by atoms with Gasteiger partial charge < -0.3 is 9.30 Å². The average Bonchev–Trinajstić information content (AvgIpc) is 2.55. The molecular formula is C13H16N4O5S. The molecule has 0 saturated heterocycles. The van der Waals surface area contributed by atoms with Gasteiger partial charge in [0.05, 0.1) is 19.0 Å². The number of hydrogen-bond acceptors (Lipinski definition) is 6. The molecule has 0 aliphatic rings. The van der Waals surface area contributed by atoms with Crippen LogP contribution >= 0.6 is 0 Å². The molecule has 0 saturated carbocycles. The zero-order chi connectivity index (χ0) is 17.4. The van der Waals surface area contributed by atoms with Crippen molar-refractivity contribution < 1.29 is 13.2 Å². The van der Waals surface area contributed by atoms with Crippen LogP contribution in [0.25, 0.3) is 0 Å². The second kappa shape index (κ2) is 5.88. The lowest BCUT2D eigenvalue weighted by Crippen LogP contribution is -2.42. The molecule has 2 aromatic heterocycles. The van der Waals surface area contributed by atoms with Gasteiger partial charge in [0.25, 0.3) is 15.6 Å². The maximum absolute atomic E-state index is 12.7. The molecule has 2 aromatic rings. The van der Waals surface area contributed by atoms with Gasteiger partial charge in [-0.1, -0.05) is 0 Å². The monoisotopic (exact) mass is 340 g/mol. The van der Waals surface area contributed by atoms with E-state index in [1.807, 2.05) is 0 Å². The molecule has 0 N–H and O–H groups in total. The molecule has 0 aliphatic carbocycles. The molecule has 0 fully saturated rings. The van der Waals surface area contributed by atoms with E-state index in [1.54, 1.807) is 0 Å². The minimum absolute atomic E-state index is 0.252. The predicted molar refractivity (Wildman–Crippen MR) is 83.3 cm³/mol. The van der Waals surface area contributed by atoms with Crippen LogP contribution in [0.1, 0.15) is 0 Å². The Morgan fingerprint density at radius 2 is 1.87 bits per heavy atom. The van der Waals surface area contributed by atoms with Crippen LogP contribution in [0.4, 0.5) is 5.69 Å². The summed E-state index contributed by atoms with van der Waals surface area (Å²) < 4.78 is 32.9. The van der Waals surface area contributed by atoms with Crippen molar-refractivity contribution in [3.63, 3.8) is 0 Å². The summed E-state index contributed by atoms with van der Waals surface area (Å²) in [5.74, 6) is 0.331. The summed E-state index contributed by atoms with van der Waals surface area (Å²) in [6.45, 7) is 0. The van der Waals surface area contributed by atoms with Crippen LogP contribution in [0.5, 0.6) is 5.88 Å². The highest BCUT2D eigenvalue weighted by Gasteiger charge is 2.26. The fraction of sp³-hybridized carbons (Fsp3) is 0.308. The molecule has 0 bridgehead atoms. The number of methoxy groups -OCH3 is 1. The number of anilines is 1. The normalized spacial score (nSPS) is 11.3. The van der Waals surface area contributed by atoms with Crippen molar-refractivity contribution in [2.75, 3.05) is 18.5 Å². The summed E-state index contributed by atoms with van der Waals surface area (Å²) in [5, 5.41) is 0. The zero-order valence-corrected chi connectivity index (χ0v) is 13.9. The minimum atomic E-state index is -4.14. The molecule has 2 rings (SSSR count). The molecule has 2 heterocycles. The number of aromatic nitrogens is 3. The molecule has 0 radical (unpaired) electrons. The van der Waals surface area contributed by atoms with Gasteiger partial charge in [-0.3, -0.25) is 13.7 Å². The van der Waals surface area contributed by atoms with E-state index in [-0.39, 0.29) is 5.69 Å². The van der Waals surface area contributed by atoms with Gasteiger partial charge >= 0.3 is 5.69 Å². The van der Waals surface area contributed by atoms with Crippen LogP contribution in [0, 0.1) is 0 Å². The summed E-state index contributed by atoms with van der Waals surface area (Å²) in [7, 11) is 1.18. The standard InChI is InChI=1S/C13H16N4O5S/c1-15-8-10(12(18)16(2)13(15)19)23(20,21)17(3)9-5-6-11(22-4)14-7-9/h5-8H,1-4H3. The van der Waals surface area contributed by atoms with Crippen molar-refractivity contribution in [2.24, 2.45) is 14.1 Å². The Morgan fingerprint density at radius 3 is 2.39 bits per heavy atom. The van der Waals surface area contributed by atoms with Gasteiger partial charge in [0.2, 0.25) is 5.88 Å². The van der Waals surface area contributed by atoms with Crippen molar-refractivity contribution in [1.29, 1.82) is 0 Å². The predicted octanol–water partition coefficient (Wildman–Crippen LogP) is -0.687. The van der Waals surface area contributed by atoms with Crippen LogP contribution in [-0.2, 0) is 24.1 Å². The number of sulfonamides is 1. The highest BCUT2D eigenvalue weighted by Crippen LogP contribution is 2.20. The third-order valence-corrected chi connectivity index (χ3v) is 5.11. The Morgan fingerprint density at radius 1 is 1.22 bits per heavy atom. The largest absolute Gasteiger partial charge is 0.481 e. The molecule has 0 amide bonds. The first-order valence-corrected chi connectivity index (χ1v) is 7.89. The molecule has 0 atom stereocenters. The van der Waals surface area contributed by atoms with Crippen LogP contribution in [0.2, 0.25) is 0 Å². The minimum Gasteiger partial charge on any atom is -0.481 e. The van der Waals surface area contributed by atoms with Crippen molar-refractivity contribution in [3.05, 3.63) is 45.4 Å². The highest BCUT2D eigenvalue weighted by atomic mass is 32.2. The summed E-state index contributed by atoms with van der Waals surface area (Å²) in [6.07, 6.45) is 2.32. The van der Waals surface area contributed by atoms with E-state index >= 15 is 0 Å². The Kier molecular flexibility index (Phi) is 4.28. The van der Waals surface area contributed by atoms with Gasteiger partial charge in [-0.25, -0.2) is 18.2 Å². The van der Waals surface area contributed by atoms with Crippen molar-refractivity contribution in [1.82, 2.24) is 14.1 Å². The molecular weight excluding hydrogens is 324 g/mol. The fourth-order valence-corrected chi connectivity index (χ4v) is 3.25. The molecule has 0 unspecified atom stereocenters. The van der Waals surface area contributed by atoms with Crippen LogP contribution in [-0.4, -0.2) is 36.7 Å². The van der Waals surface area contributed by atoms with Crippen molar-refractivity contribution in [2.45, 2.75) is 4.90 Å². The van der Waals surface area contributed by atoms with E-state index in [0.717, 1.165) is 19.6 Å². The number of nitrogens with zero attached hydrogens (tertiary/aromatic N) is 4. The van der Waals surface area contributed by atoms with Crippen LogP contribution < -0.4 is 20.3 Å².